The Morgan fingerprint density at radius 3 is 2.82 bits per heavy atom. The quantitative estimate of drug-likeness (QED) is 0.171. The normalized spacial score (nSPS) is 20.1. The predicted molar refractivity (Wildman–Crippen MR) is 124 cm³/mol. The maximum atomic E-state index is 12.9. The molecule has 0 aromatic carbocycles. The summed E-state index contributed by atoms with van der Waals surface area (Å²) in [6.07, 6.45) is 0. The molecule has 4 heterocycles. The molecule has 2 aromatic rings. The van der Waals surface area contributed by atoms with Crippen molar-refractivity contribution < 1.29 is 24.3 Å². The minimum atomic E-state index is -1.23. The van der Waals surface area contributed by atoms with E-state index in [-0.39, 0.29) is 32.3 Å². The summed E-state index contributed by atoms with van der Waals surface area (Å²) >= 11 is 9.63. The Hall–Kier alpha value is -2.89. The smallest absolute Gasteiger partial charge is 0.352 e. The van der Waals surface area contributed by atoms with E-state index >= 15 is 0 Å². The molecule has 34 heavy (non-hydrogen) atoms. The molecule has 2 aliphatic rings. The van der Waals surface area contributed by atoms with Crippen LogP contribution in [0, 0.1) is 0 Å². The number of β-lactam (4-membered cyclic amide) rings is 1. The molecule has 0 radical (unpaired) electrons. The number of carboxylic acids is 1. The van der Waals surface area contributed by atoms with Gasteiger partial charge in [0.05, 0.1) is 0 Å². The lowest BCUT2D eigenvalue weighted by molar-refractivity contribution is -0.150. The molecular weight excluding hydrogens is 530 g/mol. The zero-order chi connectivity index (χ0) is 24.6. The van der Waals surface area contributed by atoms with E-state index in [4.69, 9.17) is 22.2 Å². The van der Waals surface area contributed by atoms with Crippen LogP contribution in [0.15, 0.2) is 21.6 Å². The number of nitrogens with one attached hydrogen (secondary N) is 1. The Labute approximate surface area is 208 Å². The second-order valence-corrected chi connectivity index (χ2v) is 10.5. The molecule has 14 nitrogen and oxygen atoms in total. The summed E-state index contributed by atoms with van der Waals surface area (Å²) < 4.78 is 1.60. The predicted octanol–water partition coefficient (Wildman–Crippen LogP) is -0.216. The summed E-state index contributed by atoms with van der Waals surface area (Å²) in [5.41, 5.74) is 5.84. The van der Waals surface area contributed by atoms with E-state index < -0.39 is 29.2 Å². The number of thiazole rings is 1. The molecule has 0 saturated carbocycles. The topological polar surface area (TPSA) is 191 Å². The van der Waals surface area contributed by atoms with Crippen LogP contribution in [0.4, 0.5) is 5.13 Å². The summed E-state index contributed by atoms with van der Waals surface area (Å²) in [6.45, 7) is 0. The highest BCUT2D eigenvalue weighted by atomic mass is 35.5. The summed E-state index contributed by atoms with van der Waals surface area (Å²) in [5.74, 6) is -1.93. The minimum absolute atomic E-state index is 0.0205. The lowest BCUT2D eigenvalue weighted by Crippen LogP contribution is -2.71. The largest absolute Gasteiger partial charge is 0.477 e. The number of carboxylic acid groups (broad SMARTS) is 1. The number of carbonyl (C=O) groups excluding carboxylic acids is 2. The number of aromatic nitrogens is 5. The van der Waals surface area contributed by atoms with Gasteiger partial charge in [-0.25, -0.2) is 14.5 Å². The molecule has 0 bridgehead atoms. The number of amides is 2. The first kappa shape index (κ1) is 24.2. The number of hydrogen-bond acceptors (Lipinski definition) is 13. The van der Waals surface area contributed by atoms with Gasteiger partial charge in [0.15, 0.2) is 10.8 Å². The Bertz CT molecular complexity index is 1230. The van der Waals surface area contributed by atoms with Gasteiger partial charge in [-0.1, -0.05) is 39.9 Å². The standard InChI is InChI=1S/C16H16ClN9O5S3/c1-25-16(21-23-24-25)33-4-5-3-32-13-8(12(28)26(13)9(5)14(29)30)19-11(27)7(22-31-2)6-10(17)34-15(18)20-6/h8,13H,3-4H2,1-2H3,(H2,18,20)(H,19,27)(H,29,30)/b22-7+/t8?,13-/m1/s1. The third kappa shape index (κ3) is 4.42. The summed E-state index contributed by atoms with van der Waals surface area (Å²) in [7, 11) is 2.91. The zero-order valence-electron chi connectivity index (χ0n) is 17.5. The van der Waals surface area contributed by atoms with Gasteiger partial charge in [0, 0.05) is 18.6 Å². The number of halogens is 1. The van der Waals surface area contributed by atoms with Crippen LogP contribution in [0.3, 0.4) is 0 Å². The van der Waals surface area contributed by atoms with Crippen molar-refractivity contribution in [3.05, 3.63) is 21.3 Å². The van der Waals surface area contributed by atoms with Crippen LogP contribution in [-0.4, -0.2) is 88.7 Å². The molecule has 0 spiro atoms. The number of aliphatic carboxylic acids is 1. The van der Waals surface area contributed by atoms with Crippen molar-refractivity contribution in [3.8, 4) is 0 Å². The number of anilines is 1. The number of thioether (sulfide) groups is 2. The number of nitrogen functional groups attached to an aromatic ring is 1. The molecule has 1 unspecified atom stereocenters. The molecule has 2 aliphatic heterocycles. The Balaban J connectivity index is 1.51. The third-order valence-electron chi connectivity index (χ3n) is 4.72. The molecule has 2 aromatic heterocycles. The second kappa shape index (κ2) is 9.77. The highest BCUT2D eigenvalue weighted by Crippen LogP contribution is 2.41. The van der Waals surface area contributed by atoms with Crippen LogP contribution >= 0.6 is 46.5 Å². The first-order valence-electron chi connectivity index (χ1n) is 9.32. The van der Waals surface area contributed by atoms with Crippen LogP contribution in [0.1, 0.15) is 5.69 Å². The molecule has 2 atom stereocenters. The van der Waals surface area contributed by atoms with E-state index in [1.54, 1.807) is 7.05 Å². The van der Waals surface area contributed by atoms with E-state index in [9.17, 15) is 19.5 Å². The fraction of sp³-hybridized carbons (Fsp3) is 0.375. The fourth-order valence-corrected chi connectivity index (χ4v) is 6.51. The van der Waals surface area contributed by atoms with Gasteiger partial charge in [-0.15, -0.1) is 16.9 Å². The minimum Gasteiger partial charge on any atom is -0.477 e. The van der Waals surface area contributed by atoms with E-state index in [0.29, 0.717) is 16.5 Å². The maximum Gasteiger partial charge on any atom is 0.352 e. The van der Waals surface area contributed by atoms with Crippen molar-refractivity contribution in [2.45, 2.75) is 16.6 Å². The third-order valence-corrected chi connectivity index (χ3v) is 8.24. The molecule has 4 N–H and O–H groups in total. The first-order valence-corrected chi connectivity index (χ1v) is 12.5. The summed E-state index contributed by atoms with van der Waals surface area (Å²) in [6, 6.07) is -0.971. The molecule has 180 valence electrons. The number of fused-ring (bicyclic) bond motifs is 1. The number of oxime groups is 1. The number of nitrogens with two attached hydrogens (primary N) is 1. The average Bonchev–Trinajstić information content (AvgIpc) is 3.36. The van der Waals surface area contributed by atoms with E-state index in [2.05, 4.69) is 31.0 Å². The van der Waals surface area contributed by atoms with Crippen molar-refractivity contribution >= 4 is 75.1 Å². The van der Waals surface area contributed by atoms with Crippen LogP contribution in [0.25, 0.3) is 0 Å². The van der Waals surface area contributed by atoms with E-state index in [0.717, 1.165) is 11.3 Å². The lowest BCUT2D eigenvalue weighted by atomic mass is 10.0. The first-order chi connectivity index (χ1) is 16.2. The lowest BCUT2D eigenvalue weighted by Gasteiger charge is -2.49. The highest BCUT2D eigenvalue weighted by Gasteiger charge is 2.54. The maximum absolute atomic E-state index is 12.9. The van der Waals surface area contributed by atoms with Gasteiger partial charge >= 0.3 is 5.97 Å². The molecular formula is C16H16ClN9O5S3. The van der Waals surface area contributed by atoms with Crippen LogP contribution < -0.4 is 11.1 Å². The van der Waals surface area contributed by atoms with Crippen LogP contribution in [0.2, 0.25) is 4.34 Å². The summed E-state index contributed by atoms with van der Waals surface area (Å²) in [5, 5.41) is 27.2. The van der Waals surface area contributed by atoms with Crippen molar-refractivity contribution in [1.29, 1.82) is 0 Å². The number of rotatable bonds is 8. The van der Waals surface area contributed by atoms with Crippen LogP contribution in [-0.2, 0) is 26.3 Å². The number of aryl methyl sites for hydroxylation is 1. The zero-order valence-corrected chi connectivity index (χ0v) is 20.7. The van der Waals surface area contributed by atoms with Crippen molar-refractivity contribution in [2.24, 2.45) is 12.2 Å². The Kier molecular flexibility index (Phi) is 6.96. The number of tetrazole rings is 1. The molecule has 0 aliphatic carbocycles. The van der Waals surface area contributed by atoms with Crippen molar-refractivity contribution in [2.75, 3.05) is 24.3 Å². The van der Waals surface area contributed by atoms with Gasteiger partial charge in [-0.2, -0.15) is 0 Å². The molecule has 1 saturated heterocycles. The van der Waals surface area contributed by atoms with E-state index in [1.807, 2.05) is 0 Å². The van der Waals surface area contributed by atoms with Gasteiger partial charge in [0.1, 0.15) is 34.3 Å². The van der Waals surface area contributed by atoms with Crippen LogP contribution in [0.5, 0.6) is 0 Å². The Morgan fingerprint density at radius 2 is 2.24 bits per heavy atom. The molecule has 18 heteroatoms. The van der Waals surface area contributed by atoms with Gasteiger partial charge in [0.2, 0.25) is 5.16 Å². The number of hydrogen-bond donors (Lipinski definition) is 3. The summed E-state index contributed by atoms with van der Waals surface area (Å²) in [4.78, 5) is 47.7. The highest BCUT2D eigenvalue weighted by molar-refractivity contribution is 8.01. The fourth-order valence-electron chi connectivity index (χ4n) is 3.25. The van der Waals surface area contributed by atoms with Gasteiger partial charge in [-0.3, -0.25) is 14.5 Å². The van der Waals surface area contributed by atoms with Crippen molar-refractivity contribution in [1.82, 2.24) is 35.4 Å². The van der Waals surface area contributed by atoms with Gasteiger partial charge < -0.3 is 21.0 Å². The van der Waals surface area contributed by atoms with Gasteiger partial charge in [0.25, 0.3) is 11.8 Å². The SMILES string of the molecule is CO/N=C(/C(=O)NC1C(=O)N2C(C(=O)O)=C(CSc3nnnn3C)CS[C@H]12)c1nc(N)sc1Cl. The molecule has 2 amide bonds. The van der Waals surface area contributed by atoms with E-state index in [1.165, 1.54) is 40.2 Å². The Morgan fingerprint density at radius 1 is 1.47 bits per heavy atom. The molecule has 4 rings (SSSR count). The average molecular weight is 546 g/mol. The number of carbonyl (C=O) groups is 3. The molecule has 1 fully saturated rings. The monoisotopic (exact) mass is 545 g/mol. The number of nitrogens with zero attached hydrogens (tertiary/aromatic N) is 7. The van der Waals surface area contributed by atoms with Crippen molar-refractivity contribution in [3.63, 3.8) is 0 Å². The van der Waals surface area contributed by atoms with Gasteiger partial charge in [-0.05, 0) is 16.0 Å². The second-order valence-electron chi connectivity index (χ2n) is 6.79.